The van der Waals surface area contributed by atoms with E-state index in [4.69, 9.17) is 0 Å². The minimum atomic E-state index is -0.310. The Morgan fingerprint density at radius 1 is 1.20 bits per heavy atom. The predicted molar refractivity (Wildman–Crippen MR) is 80.5 cm³/mol. The van der Waals surface area contributed by atoms with Crippen LogP contribution in [0.4, 0.5) is 15.8 Å². The van der Waals surface area contributed by atoms with Crippen molar-refractivity contribution in [3.63, 3.8) is 0 Å². The molecule has 0 saturated heterocycles. The number of pyridine rings is 1. The van der Waals surface area contributed by atoms with Crippen molar-refractivity contribution >= 4 is 27.3 Å². The molecule has 20 heavy (non-hydrogen) atoms. The normalized spacial score (nSPS) is 10.2. The summed E-state index contributed by atoms with van der Waals surface area (Å²) >= 11 is 3.17. The lowest BCUT2D eigenvalue weighted by molar-refractivity contribution is 0.620. The van der Waals surface area contributed by atoms with Crippen molar-refractivity contribution in [3.8, 4) is 6.07 Å². The Balaban J connectivity index is 2.51. The Bertz CT molecular complexity index is 720. The van der Waals surface area contributed by atoms with Gasteiger partial charge in [0.05, 0.1) is 21.4 Å². The first-order valence-corrected chi connectivity index (χ1v) is 6.82. The molecule has 0 aliphatic rings. The van der Waals surface area contributed by atoms with Gasteiger partial charge in [0.25, 0.3) is 0 Å². The molecular formula is C15H13BrFN3. The van der Waals surface area contributed by atoms with Crippen LogP contribution in [0.5, 0.6) is 0 Å². The van der Waals surface area contributed by atoms with Crippen LogP contribution < -0.4 is 5.32 Å². The number of hydrogen-bond acceptors (Lipinski definition) is 3. The minimum Gasteiger partial charge on any atom is -0.354 e. The van der Waals surface area contributed by atoms with Crippen molar-refractivity contribution in [2.45, 2.75) is 20.8 Å². The second kappa shape index (κ2) is 5.59. The van der Waals surface area contributed by atoms with Gasteiger partial charge in [-0.25, -0.2) is 4.39 Å². The van der Waals surface area contributed by atoms with Gasteiger partial charge < -0.3 is 5.32 Å². The highest BCUT2D eigenvalue weighted by atomic mass is 79.9. The van der Waals surface area contributed by atoms with Crippen molar-refractivity contribution in [2.24, 2.45) is 0 Å². The molecule has 3 nitrogen and oxygen atoms in total. The van der Waals surface area contributed by atoms with E-state index in [1.54, 1.807) is 13.0 Å². The van der Waals surface area contributed by atoms with E-state index in [2.05, 4.69) is 32.3 Å². The number of anilines is 2. The highest BCUT2D eigenvalue weighted by Crippen LogP contribution is 2.29. The molecule has 0 aliphatic heterocycles. The van der Waals surface area contributed by atoms with Crippen LogP contribution >= 0.6 is 15.9 Å². The summed E-state index contributed by atoms with van der Waals surface area (Å²) in [5.41, 5.74) is 4.19. The molecule has 0 fully saturated rings. The van der Waals surface area contributed by atoms with Crippen molar-refractivity contribution in [1.82, 2.24) is 4.98 Å². The summed E-state index contributed by atoms with van der Waals surface area (Å²) in [4.78, 5) is 4.27. The van der Waals surface area contributed by atoms with Crippen LogP contribution in [-0.4, -0.2) is 4.98 Å². The first-order valence-electron chi connectivity index (χ1n) is 6.03. The molecule has 0 atom stereocenters. The number of nitriles is 1. The maximum absolute atomic E-state index is 13.4. The van der Waals surface area contributed by atoms with Gasteiger partial charge >= 0.3 is 0 Å². The van der Waals surface area contributed by atoms with E-state index in [-0.39, 0.29) is 5.82 Å². The number of aromatic nitrogens is 1. The van der Waals surface area contributed by atoms with Crippen LogP contribution in [0.2, 0.25) is 0 Å². The highest BCUT2D eigenvalue weighted by Gasteiger charge is 2.11. The van der Waals surface area contributed by atoms with E-state index in [0.29, 0.717) is 21.4 Å². The SMILES string of the molecule is Cc1cc(Nc2cc(Br)c(F)cc2C)c(C#N)c(C)n1. The van der Waals surface area contributed by atoms with Crippen LogP contribution in [-0.2, 0) is 0 Å². The Morgan fingerprint density at radius 2 is 1.90 bits per heavy atom. The lowest BCUT2D eigenvalue weighted by atomic mass is 10.1. The molecule has 1 aromatic carbocycles. The van der Waals surface area contributed by atoms with Gasteiger partial charge in [-0.1, -0.05) is 0 Å². The monoisotopic (exact) mass is 333 g/mol. The molecule has 2 rings (SSSR count). The van der Waals surface area contributed by atoms with Gasteiger partial charge in [-0.15, -0.1) is 0 Å². The summed E-state index contributed by atoms with van der Waals surface area (Å²) < 4.78 is 13.8. The molecular weight excluding hydrogens is 321 g/mol. The van der Waals surface area contributed by atoms with Crippen LogP contribution in [0.15, 0.2) is 22.7 Å². The summed E-state index contributed by atoms with van der Waals surface area (Å²) in [7, 11) is 0. The van der Waals surface area contributed by atoms with Crippen molar-refractivity contribution in [1.29, 1.82) is 5.26 Å². The Kier molecular flexibility index (Phi) is 4.05. The number of rotatable bonds is 2. The first-order chi connectivity index (χ1) is 9.42. The molecule has 5 heteroatoms. The van der Waals surface area contributed by atoms with Crippen LogP contribution in [0, 0.1) is 37.9 Å². The summed E-state index contributed by atoms with van der Waals surface area (Å²) in [6.45, 7) is 5.47. The topological polar surface area (TPSA) is 48.7 Å². The Labute approximate surface area is 125 Å². The summed E-state index contributed by atoms with van der Waals surface area (Å²) in [6, 6.07) is 7.06. The molecule has 0 saturated carbocycles. The second-order valence-electron chi connectivity index (χ2n) is 4.59. The van der Waals surface area contributed by atoms with Crippen molar-refractivity contribution in [2.75, 3.05) is 5.32 Å². The quantitative estimate of drug-likeness (QED) is 0.878. The number of aryl methyl sites for hydroxylation is 3. The fourth-order valence-electron chi connectivity index (χ4n) is 1.99. The molecule has 0 unspecified atom stereocenters. The number of benzene rings is 1. The lowest BCUT2D eigenvalue weighted by Gasteiger charge is -2.13. The Morgan fingerprint density at radius 3 is 2.55 bits per heavy atom. The van der Waals surface area contributed by atoms with Crippen molar-refractivity contribution in [3.05, 3.63) is 51.0 Å². The third kappa shape index (κ3) is 2.81. The number of nitrogens with one attached hydrogen (secondary N) is 1. The predicted octanol–water partition coefficient (Wildman–Crippen LogP) is 4.52. The lowest BCUT2D eigenvalue weighted by Crippen LogP contribution is -2.01. The summed E-state index contributed by atoms with van der Waals surface area (Å²) in [5, 5.41) is 12.4. The molecule has 2 aromatic rings. The molecule has 0 spiro atoms. The summed E-state index contributed by atoms with van der Waals surface area (Å²) in [6.07, 6.45) is 0. The fraction of sp³-hybridized carbons (Fsp3) is 0.200. The van der Waals surface area contributed by atoms with Crippen molar-refractivity contribution < 1.29 is 4.39 Å². The van der Waals surface area contributed by atoms with Crippen LogP contribution in [0.3, 0.4) is 0 Å². The molecule has 1 N–H and O–H groups in total. The van der Waals surface area contributed by atoms with Crippen LogP contribution in [0.25, 0.3) is 0 Å². The molecule has 0 radical (unpaired) electrons. The zero-order chi connectivity index (χ0) is 14.9. The van der Waals surface area contributed by atoms with E-state index in [9.17, 15) is 9.65 Å². The highest BCUT2D eigenvalue weighted by molar-refractivity contribution is 9.10. The standard InChI is InChI=1S/C15H13BrFN3/c1-8-4-13(17)12(16)6-14(8)20-15-5-9(2)19-10(3)11(15)7-18/h4-6H,1-3H3,(H,19,20). The van der Waals surface area contributed by atoms with Gasteiger partial charge in [0, 0.05) is 11.4 Å². The average Bonchev–Trinajstić information content (AvgIpc) is 2.35. The maximum atomic E-state index is 13.4. The fourth-order valence-corrected chi connectivity index (χ4v) is 2.34. The zero-order valence-corrected chi connectivity index (χ0v) is 13.0. The third-order valence-corrected chi connectivity index (χ3v) is 3.58. The van der Waals surface area contributed by atoms with Gasteiger partial charge in [0.2, 0.25) is 0 Å². The molecule has 102 valence electrons. The molecule has 1 aromatic heterocycles. The van der Waals surface area contributed by atoms with Gasteiger partial charge in [0.1, 0.15) is 11.9 Å². The van der Waals surface area contributed by atoms with Gasteiger partial charge in [-0.3, -0.25) is 4.98 Å². The first kappa shape index (κ1) is 14.5. The largest absolute Gasteiger partial charge is 0.354 e. The van der Waals surface area contributed by atoms with Gasteiger partial charge in [0.15, 0.2) is 0 Å². The average molecular weight is 334 g/mol. The van der Waals surface area contributed by atoms with Gasteiger partial charge in [-0.05, 0) is 60.5 Å². The number of hydrogen-bond donors (Lipinski definition) is 1. The summed E-state index contributed by atoms with van der Waals surface area (Å²) in [5.74, 6) is -0.310. The van der Waals surface area contributed by atoms with E-state index in [1.165, 1.54) is 6.07 Å². The van der Waals surface area contributed by atoms with E-state index in [1.807, 2.05) is 19.9 Å². The van der Waals surface area contributed by atoms with E-state index < -0.39 is 0 Å². The molecule has 0 bridgehead atoms. The second-order valence-corrected chi connectivity index (χ2v) is 5.44. The molecule has 1 heterocycles. The van der Waals surface area contributed by atoms with Gasteiger partial charge in [-0.2, -0.15) is 5.26 Å². The smallest absolute Gasteiger partial charge is 0.137 e. The number of nitrogens with zero attached hydrogens (tertiary/aromatic N) is 2. The molecule has 0 aliphatic carbocycles. The van der Waals surface area contributed by atoms with E-state index in [0.717, 1.165) is 16.9 Å². The third-order valence-electron chi connectivity index (χ3n) is 2.98. The zero-order valence-electron chi connectivity index (χ0n) is 11.4. The number of halogens is 2. The minimum absolute atomic E-state index is 0.310. The van der Waals surface area contributed by atoms with E-state index >= 15 is 0 Å². The Hall–Kier alpha value is -1.93. The molecule has 0 amide bonds. The maximum Gasteiger partial charge on any atom is 0.137 e. The van der Waals surface area contributed by atoms with Crippen LogP contribution in [0.1, 0.15) is 22.5 Å².